The summed E-state index contributed by atoms with van der Waals surface area (Å²) in [4.78, 5) is 0.962. The number of anilines is 1. The first-order valence-corrected chi connectivity index (χ1v) is 8.69. The molecule has 7 heteroatoms. The van der Waals surface area contributed by atoms with E-state index in [0.29, 0.717) is 34.6 Å². The molecule has 0 bridgehead atoms. The first-order valence-electron chi connectivity index (χ1n) is 6.43. The maximum atomic E-state index is 12.6. The lowest BCUT2D eigenvalue weighted by Crippen LogP contribution is -2.26. The predicted molar refractivity (Wildman–Crippen MR) is 82.1 cm³/mol. The van der Waals surface area contributed by atoms with Gasteiger partial charge in [0.25, 0.3) is 10.0 Å². The van der Waals surface area contributed by atoms with Gasteiger partial charge in [0, 0.05) is 18.0 Å². The van der Waals surface area contributed by atoms with Crippen LogP contribution in [0.2, 0.25) is 0 Å². The van der Waals surface area contributed by atoms with Gasteiger partial charge in [-0.1, -0.05) is 0 Å². The Kier molecular flexibility index (Phi) is 3.54. The van der Waals surface area contributed by atoms with Gasteiger partial charge in [0.1, 0.15) is 17.4 Å². The number of nitrogens with zero attached hydrogens (tertiary/aromatic N) is 1. The largest absolute Gasteiger partial charge is 0.486 e. The normalized spacial score (nSPS) is 14.0. The lowest BCUT2D eigenvalue weighted by molar-refractivity contribution is 0.171. The molecule has 2 aromatic rings. The highest BCUT2D eigenvalue weighted by Gasteiger charge is 2.24. The standard InChI is InChI=1S/C14H15NO4S2/c1-10-3-6-14(20-10)21(16,17)15(2)11-4-5-12-13(9-11)19-8-7-18-12/h3-6,9H,7-8H2,1-2H3. The van der Waals surface area contributed by atoms with Crippen LogP contribution in [-0.2, 0) is 10.0 Å². The number of ether oxygens (including phenoxy) is 2. The number of fused-ring (bicyclic) bond motifs is 1. The fourth-order valence-electron chi connectivity index (χ4n) is 2.05. The van der Waals surface area contributed by atoms with Crippen molar-refractivity contribution in [1.29, 1.82) is 0 Å². The summed E-state index contributed by atoms with van der Waals surface area (Å²) in [7, 11) is -2.00. The number of sulfonamides is 1. The zero-order valence-electron chi connectivity index (χ0n) is 11.7. The van der Waals surface area contributed by atoms with Crippen LogP contribution in [0.5, 0.6) is 11.5 Å². The molecule has 3 rings (SSSR count). The Bertz CT molecular complexity index is 767. The molecule has 0 amide bonds. The number of hydrogen-bond acceptors (Lipinski definition) is 5. The second-order valence-corrected chi connectivity index (χ2v) is 8.15. The maximum absolute atomic E-state index is 12.6. The highest BCUT2D eigenvalue weighted by atomic mass is 32.2. The SMILES string of the molecule is Cc1ccc(S(=O)(=O)N(C)c2ccc3c(c2)OCCO3)s1. The molecule has 0 saturated heterocycles. The molecule has 0 N–H and O–H groups in total. The lowest BCUT2D eigenvalue weighted by Gasteiger charge is -2.22. The van der Waals surface area contributed by atoms with E-state index in [2.05, 4.69) is 0 Å². The molecule has 1 aliphatic heterocycles. The Balaban J connectivity index is 1.96. The minimum Gasteiger partial charge on any atom is -0.486 e. The van der Waals surface area contributed by atoms with E-state index in [4.69, 9.17) is 9.47 Å². The van der Waals surface area contributed by atoms with Crippen LogP contribution < -0.4 is 13.8 Å². The molecule has 2 heterocycles. The first kappa shape index (κ1) is 14.2. The molecule has 0 atom stereocenters. The average Bonchev–Trinajstić information content (AvgIpc) is 2.93. The second-order valence-electron chi connectivity index (χ2n) is 4.67. The van der Waals surface area contributed by atoms with Gasteiger partial charge in [-0.25, -0.2) is 8.42 Å². The third-order valence-electron chi connectivity index (χ3n) is 3.22. The Morgan fingerprint density at radius 1 is 1.10 bits per heavy atom. The van der Waals surface area contributed by atoms with Gasteiger partial charge in [0.15, 0.2) is 11.5 Å². The van der Waals surface area contributed by atoms with Crippen LogP contribution in [0.25, 0.3) is 0 Å². The quantitative estimate of drug-likeness (QED) is 0.870. The average molecular weight is 325 g/mol. The summed E-state index contributed by atoms with van der Waals surface area (Å²) in [6, 6.07) is 8.56. The molecule has 0 fully saturated rings. The van der Waals surface area contributed by atoms with Crippen LogP contribution in [0.4, 0.5) is 5.69 Å². The van der Waals surface area contributed by atoms with Crippen LogP contribution in [-0.4, -0.2) is 28.7 Å². The fraction of sp³-hybridized carbons (Fsp3) is 0.286. The minimum absolute atomic E-state index is 0.331. The van der Waals surface area contributed by atoms with Crippen molar-refractivity contribution in [2.45, 2.75) is 11.1 Å². The molecule has 0 spiro atoms. The van der Waals surface area contributed by atoms with Crippen molar-refractivity contribution in [3.05, 3.63) is 35.2 Å². The van der Waals surface area contributed by atoms with Crippen molar-refractivity contribution in [2.24, 2.45) is 0 Å². The van der Waals surface area contributed by atoms with Crippen LogP contribution in [0.3, 0.4) is 0 Å². The van der Waals surface area contributed by atoms with Gasteiger partial charge in [0.2, 0.25) is 0 Å². The predicted octanol–water partition coefficient (Wildman–Crippen LogP) is 2.65. The van der Waals surface area contributed by atoms with Crippen molar-refractivity contribution < 1.29 is 17.9 Å². The van der Waals surface area contributed by atoms with Gasteiger partial charge in [-0.2, -0.15) is 0 Å². The second kappa shape index (κ2) is 5.23. The van der Waals surface area contributed by atoms with E-state index in [9.17, 15) is 8.42 Å². The maximum Gasteiger partial charge on any atom is 0.273 e. The zero-order valence-corrected chi connectivity index (χ0v) is 13.3. The molecule has 0 radical (unpaired) electrons. The molecule has 112 valence electrons. The fourth-order valence-corrected chi connectivity index (χ4v) is 4.69. The van der Waals surface area contributed by atoms with Crippen LogP contribution in [0, 0.1) is 6.92 Å². The van der Waals surface area contributed by atoms with Crippen molar-refractivity contribution >= 4 is 27.0 Å². The van der Waals surface area contributed by atoms with Crippen molar-refractivity contribution in [3.8, 4) is 11.5 Å². The lowest BCUT2D eigenvalue weighted by atomic mass is 10.2. The van der Waals surface area contributed by atoms with Gasteiger partial charge in [-0.3, -0.25) is 4.31 Å². The van der Waals surface area contributed by atoms with E-state index in [-0.39, 0.29) is 0 Å². The number of hydrogen-bond donors (Lipinski definition) is 0. The summed E-state index contributed by atoms with van der Waals surface area (Å²) >= 11 is 1.26. The first-order chi connectivity index (χ1) is 9.98. The van der Waals surface area contributed by atoms with Gasteiger partial charge < -0.3 is 9.47 Å². The van der Waals surface area contributed by atoms with E-state index in [1.165, 1.54) is 22.7 Å². The van der Waals surface area contributed by atoms with Crippen molar-refractivity contribution in [2.75, 3.05) is 24.6 Å². The Morgan fingerprint density at radius 2 is 1.81 bits per heavy atom. The Hall–Kier alpha value is -1.73. The summed E-state index contributed by atoms with van der Waals surface area (Å²) in [5, 5.41) is 0. The van der Waals surface area contributed by atoms with E-state index < -0.39 is 10.0 Å². The van der Waals surface area contributed by atoms with E-state index in [1.807, 2.05) is 6.92 Å². The molecule has 1 aliphatic rings. The monoisotopic (exact) mass is 325 g/mol. The summed E-state index contributed by atoms with van der Waals surface area (Å²) in [5.41, 5.74) is 0.547. The molecular weight excluding hydrogens is 310 g/mol. The van der Waals surface area contributed by atoms with Crippen molar-refractivity contribution in [3.63, 3.8) is 0 Å². The number of thiophene rings is 1. The Morgan fingerprint density at radius 3 is 2.48 bits per heavy atom. The Labute approximate surface area is 127 Å². The summed E-state index contributed by atoms with van der Waals surface area (Å²) in [5.74, 6) is 1.21. The molecule has 0 unspecified atom stereocenters. The van der Waals surface area contributed by atoms with E-state index >= 15 is 0 Å². The smallest absolute Gasteiger partial charge is 0.273 e. The van der Waals surface area contributed by atoms with Gasteiger partial charge in [0.05, 0.1) is 5.69 Å². The summed E-state index contributed by atoms with van der Waals surface area (Å²) in [6.45, 7) is 2.86. The van der Waals surface area contributed by atoms with E-state index in [0.717, 1.165) is 4.88 Å². The summed E-state index contributed by atoms with van der Waals surface area (Å²) < 4.78 is 37.7. The number of aryl methyl sites for hydroxylation is 1. The molecule has 21 heavy (non-hydrogen) atoms. The van der Waals surface area contributed by atoms with Crippen LogP contribution >= 0.6 is 11.3 Å². The van der Waals surface area contributed by atoms with Crippen LogP contribution in [0.1, 0.15) is 4.88 Å². The highest BCUT2D eigenvalue weighted by molar-refractivity contribution is 7.94. The van der Waals surface area contributed by atoms with Gasteiger partial charge in [-0.05, 0) is 31.2 Å². The number of benzene rings is 1. The van der Waals surface area contributed by atoms with E-state index in [1.54, 1.807) is 30.3 Å². The molecule has 0 aliphatic carbocycles. The third kappa shape index (κ3) is 2.58. The molecule has 1 aromatic heterocycles. The third-order valence-corrected chi connectivity index (χ3v) is 6.47. The van der Waals surface area contributed by atoms with Gasteiger partial charge in [-0.15, -0.1) is 11.3 Å². The molecule has 1 aromatic carbocycles. The van der Waals surface area contributed by atoms with Crippen LogP contribution in [0.15, 0.2) is 34.5 Å². The zero-order chi connectivity index (χ0) is 15.0. The summed E-state index contributed by atoms with van der Waals surface area (Å²) in [6.07, 6.45) is 0. The molecule has 5 nitrogen and oxygen atoms in total. The highest BCUT2D eigenvalue weighted by Crippen LogP contribution is 2.35. The minimum atomic E-state index is -3.54. The van der Waals surface area contributed by atoms with Gasteiger partial charge >= 0.3 is 0 Å². The number of rotatable bonds is 3. The molecular formula is C14H15NO4S2. The van der Waals surface area contributed by atoms with Crippen molar-refractivity contribution in [1.82, 2.24) is 0 Å². The molecule has 0 saturated carbocycles. The topological polar surface area (TPSA) is 55.8 Å².